The molecule has 1 unspecified atom stereocenters. The van der Waals surface area contributed by atoms with Crippen LogP contribution in [0.25, 0.3) is 17.1 Å². The fourth-order valence-electron chi connectivity index (χ4n) is 4.21. The number of nitriles is 1. The quantitative estimate of drug-likeness (QED) is 0.714. The van der Waals surface area contributed by atoms with Gasteiger partial charge in [-0.25, -0.2) is 9.78 Å². The van der Waals surface area contributed by atoms with Gasteiger partial charge in [0.15, 0.2) is 0 Å². The second kappa shape index (κ2) is 6.40. The van der Waals surface area contributed by atoms with Gasteiger partial charge in [0, 0.05) is 17.2 Å². The zero-order valence-corrected chi connectivity index (χ0v) is 15.2. The van der Waals surface area contributed by atoms with Gasteiger partial charge in [0.1, 0.15) is 11.7 Å². The highest BCUT2D eigenvalue weighted by Gasteiger charge is 2.29. The third kappa shape index (κ3) is 2.70. The summed E-state index contributed by atoms with van der Waals surface area (Å²) < 4.78 is 2.05. The molecule has 0 amide bonds. The normalized spacial score (nSPS) is 16.0. The number of carboxylic acids is 1. The van der Waals surface area contributed by atoms with Crippen LogP contribution in [0, 0.1) is 25.2 Å². The van der Waals surface area contributed by atoms with Gasteiger partial charge >= 0.3 is 5.97 Å². The van der Waals surface area contributed by atoms with Gasteiger partial charge < -0.3 is 9.67 Å². The van der Waals surface area contributed by atoms with Crippen molar-refractivity contribution in [1.82, 2.24) is 9.55 Å². The van der Waals surface area contributed by atoms with Crippen molar-refractivity contribution in [3.05, 3.63) is 70.0 Å². The number of hydrogen-bond acceptors (Lipinski definition) is 3. The van der Waals surface area contributed by atoms with Crippen LogP contribution < -0.4 is 0 Å². The molecule has 4 rings (SSSR count). The monoisotopic (exact) mass is 357 g/mol. The minimum Gasteiger partial charge on any atom is -0.478 e. The maximum absolute atomic E-state index is 11.1. The number of aliphatic carboxylic acids is 1. The summed E-state index contributed by atoms with van der Waals surface area (Å²) in [6.07, 6.45) is 4.47. The van der Waals surface area contributed by atoms with Crippen molar-refractivity contribution in [1.29, 1.82) is 5.26 Å². The molecule has 0 radical (unpaired) electrons. The Morgan fingerprint density at radius 3 is 2.89 bits per heavy atom. The molecule has 5 nitrogen and oxygen atoms in total. The molecular weight excluding hydrogens is 338 g/mol. The number of benzene rings is 1. The molecule has 1 atom stereocenters. The summed E-state index contributed by atoms with van der Waals surface area (Å²) >= 11 is 0. The minimum atomic E-state index is -1.04. The van der Waals surface area contributed by atoms with Gasteiger partial charge in [0.05, 0.1) is 17.3 Å². The highest BCUT2D eigenvalue weighted by Crippen LogP contribution is 2.40. The second-order valence-electron chi connectivity index (χ2n) is 6.95. The maximum atomic E-state index is 11.1. The molecule has 0 bridgehead atoms. The van der Waals surface area contributed by atoms with E-state index in [1.165, 1.54) is 17.2 Å². The number of aryl methyl sites for hydroxylation is 3. The van der Waals surface area contributed by atoms with E-state index in [0.29, 0.717) is 11.3 Å². The van der Waals surface area contributed by atoms with Crippen molar-refractivity contribution in [2.24, 2.45) is 0 Å². The zero-order chi connectivity index (χ0) is 19.1. The van der Waals surface area contributed by atoms with Crippen molar-refractivity contribution in [3.63, 3.8) is 0 Å². The van der Waals surface area contributed by atoms with E-state index in [1.54, 1.807) is 0 Å². The lowest BCUT2D eigenvalue weighted by molar-refractivity contribution is -0.131. The van der Waals surface area contributed by atoms with Gasteiger partial charge in [0.25, 0.3) is 0 Å². The third-order valence-electron chi connectivity index (χ3n) is 5.23. The molecule has 0 saturated carbocycles. The van der Waals surface area contributed by atoms with Crippen LogP contribution in [0.3, 0.4) is 0 Å². The first-order valence-corrected chi connectivity index (χ1v) is 8.92. The highest BCUT2D eigenvalue weighted by molar-refractivity contribution is 5.94. The first-order chi connectivity index (χ1) is 13.0. The van der Waals surface area contributed by atoms with Crippen LogP contribution in [-0.4, -0.2) is 20.6 Å². The number of fused-ring (bicyclic) bond motifs is 2. The number of aromatic nitrogens is 2. The van der Waals surface area contributed by atoms with Gasteiger partial charge in [0.2, 0.25) is 0 Å². The molecule has 0 fully saturated rings. The summed E-state index contributed by atoms with van der Waals surface area (Å²) in [5, 5.41) is 19.8. The Balaban J connectivity index is 2.08. The Morgan fingerprint density at radius 1 is 1.37 bits per heavy atom. The minimum absolute atomic E-state index is 0.0351. The van der Waals surface area contributed by atoms with Crippen molar-refractivity contribution in [3.8, 4) is 6.07 Å². The van der Waals surface area contributed by atoms with Crippen molar-refractivity contribution in [2.45, 2.75) is 32.7 Å². The summed E-state index contributed by atoms with van der Waals surface area (Å²) in [6, 6.07) is 12.6. The summed E-state index contributed by atoms with van der Waals surface area (Å²) in [6.45, 7) is 3.90. The van der Waals surface area contributed by atoms with Crippen molar-refractivity contribution in [2.75, 3.05) is 0 Å². The van der Waals surface area contributed by atoms with E-state index in [4.69, 9.17) is 10.1 Å². The van der Waals surface area contributed by atoms with Gasteiger partial charge in [-0.2, -0.15) is 5.26 Å². The molecule has 134 valence electrons. The van der Waals surface area contributed by atoms with Gasteiger partial charge in [-0.15, -0.1) is 0 Å². The highest BCUT2D eigenvalue weighted by atomic mass is 16.4. The van der Waals surface area contributed by atoms with Crippen LogP contribution in [0.4, 0.5) is 0 Å². The van der Waals surface area contributed by atoms with E-state index in [-0.39, 0.29) is 6.04 Å². The number of carboxylic acid groups (broad SMARTS) is 1. The predicted molar refractivity (Wildman–Crippen MR) is 103 cm³/mol. The topological polar surface area (TPSA) is 78.9 Å². The van der Waals surface area contributed by atoms with E-state index in [2.05, 4.69) is 22.8 Å². The second-order valence-corrected chi connectivity index (χ2v) is 6.95. The first kappa shape index (κ1) is 17.0. The molecule has 3 aromatic rings. The molecule has 0 spiro atoms. The summed E-state index contributed by atoms with van der Waals surface area (Å²) in [4.78, 5) is 15.9. The average Bonchev–Trinajstić information content (AvgIpc) is 3.18. The molecule has 27 heavy (non-hydrogen) atoms. The van der Waals surface area contributed by atoms with E-state index in [1.807, 2.05) is 32.0 Å². The number of nitrogens with zero attached hydrogens (tertiary/aromatic N) is 3. The van der Waals surface area contributed by atoms with E-state index in [9.17, 15) is 10.1 Å². The zero-order valence-electron chi connectivity index (χ0n) is 15.2. The lowest BCUT2D eigenvalue weighted by Gasteiger charge is -2.18. The van der Waals surface area contributed by atoms with Crippen molar-refractivity contribution >= 4 is 23.1 Å². The predicted octanol–water partition coefficient (Wildman–Crippen LogP) is 4.16. The summed E-state index contributed by atoms with van der Waals surface area (Å²) in [5.74, 6) is -1.04. The Morgan fingerprint density at radius 2 is 2.15 bits per heavy atom. The molecule has 2 aromatic heterocycles. The number of carbonyl (C=O) groups is 1. The fourth-order valence-corrected chi connectivity index (χ4v) is 4.21. The Hall–Kier alpha value is -3.39. The molecule has 1 aromatic carbocycles. The first-order valence-electron chi connectivity index (χ1n) is 8.92. The van der Waals surface area contributed by atoms with Gasteiger partial charge in [-0.3, -0.25) is 0 Å². The SMILES string of the molecule is Cc1cc(C)c2c(C#N)c(/C=C/C(=O)O)n(C3CCc4ccccc43)c2n1. The largest absolute Gasteiger partial charge is 0.478 e. The number of rotatable bonds is 3. The van der Waals surface area contributed by atoms with Crippen molar-refractivity contribution < 1.29 is 9.90 Å². The summed E-state index contributed by atoms with van der Waals surface area (Å²) in [5.41, 5.74) is 6.20. The van der Waals surface area contributed by atoms with Crippen LogP contribution in [0.1, 0.15) is 46.1 Å². The Bertz CT molecular complexity index is 1150. The molecule has 5 heteroatoms. The molecule has 1 aliphatic carbocycles. The Labute approximate surface area is 157 Å². The van der Waals surface area contributed by atoms with E-state index >= 15 is 0 Å². The maximum Gasteiger partial charge on any atom is 0.328 e. The van der Waals surface area contributed by atoms with Crippen LogP contribution in [0.2, 0.25) is 0 Å². The van der Waals surface area contributed by atoms with E-state index < -0.39 is 5.97 Å². The number of pyridine rings is 1. The van der Waals surface area contributed by atoms with Gasteiger partial charge in [-0.05, 0) is 55.5 Å². The summed E-state index contributed by atoms with van der Waals surface area (Å²) in [7, 11) is 0. The Kier molecular flexibility index (Phi) is 4.04. The lowest BCUT2D eigenvalue weighted by atomic mass is 10.1. The molecule has 0 saturated heterocycles. The van der Waals surface area contributed by atoms with Crippen LogP contribution in [0.15, 0.2) is 36.4 Å². The van der Waals surface area contributed by atoms with Crippen LogP contribution in [-0.2, 0) is 11.2 Å². The molecular formula is C22H19N3O2. The molecule has 1 N–H and O–H groups in total. The van der Waals surface area contributed by atoms with Gasteiger partial charge in [-0.1, -0.05) is 24.3 Å². The fraction of sp³-hybridized carbons (Fsp3) is 0.227. The number of hydrogen-bond donors (Lipinski definition) is 1. The van der Waals surface area contributed by atoms with E-state index in [0.717, 1.165) is 41.2 Å². The average molecular weight is 357 g/mol. The smallest absolute Gasteiger partial charge is 0.328 e. The molecule has 2 heterocycles. The van der Waals surface area contributed by atoms with Crippen LogP contribution in [0.5, 0.6) is 0 Å². The van der Waals surface area contributed by atoms with Crippen LogP contribution >= 0.6 is 0 Å². The standard InChI is InChI=1S/C22H19N3O2/c1-13-11-14(2)24-22-21(13)17(12-23)19(9-10-20(26)27)25(22)18-8-7-15-5-3-4-6-16(15)18/h3-6,9-11,18H,7-8H2,1-2H3,(H,26,27)/b10-9+. The molecule has 0 aliphatic heterocycles. The lowest BCUT2D eigenvalue weighted by Crippen LogP contribution is -2.10. The third-order valence-corrected chi connectivity index (χ3v) is 5.23. The molecule has 1 aliphatic rings.